The van der Waals surface area contributed by atoms with E-state index in [4.69, 9.17) is 4.42 Å². The number of fused-ring (bicyclic) bond motifs is 1. The molecule has 0 aliphatic carbocycles. The highest BCUT2D eigenvalue weighted by Gasteiger charge is 2.09. The number of nitrogens with one attached hydrogen (secondary N) is 1. The summed E-state index contributed by atoms with van der Waals surface area (Å²) in [6.07, 6.45) is 2.22. The van der Waals surface area contributed by atoms with Gasteiger partial charge in [-0.3, -0.25) is 4.79 Å². The van der Waals surface area contributed by atoms with Gasteiger partial charge < -0.3 is 9.73 Å². The van der Waals surface area contributed by atoms with E-state index >= 15 is 0 Å². The summed E-state index contributed by atoms with van der Waals surface area (Å²) in [5, 5.41) is 4.18. The molecular weight excluding hydrogens is 302 g/mol. The van der Waals surface area contributed by atoms with E-state index < -0.39 is 0 Å². The molecule has 5 heteroatoms. The summed E-state index contributed by atoms with van der Waals surface area (Å²) in [6, 6.07) is 19.0. The summed E-state index contributed by atoms with van der Waals surface area (Å²) >= 11 is 0. The van der Waals surface area contributed by atoms with Crippen molar-refractivity contribution in [1.29, 1.82) is 0 Å². The molecule has 116 valence electrons. The van der Waals surface area contributed by atoms with E-state index in [1.165, 1.54) is 6.33 Å². The van der Waals surface area contributed by atoms with Crippen molar-refractivity contribution >= 4 is 28.7 Å². The third-order valence-electron chi connectivity index (χ3n) is 3.70. The van der Waals surface area contributed by atoms with Crippen LogP contribution < -0.4 is 5.32 Å². The maximum atomic E-state index is 10.8. The zero-order chi connectivity index (χ0) is 16.4. The number of para-hydroxylation sites is 1. The molecule has 0 atom stereocenters. The molecule has 2 heterocycles. The first-order valence-electron chi connectivity index (χ1n) is 7.46. The van der Waals surface area contributed by atoms with Crippen LogP contribution in [0.5, 0.6) is 0 Å². The summed E-state index contributed by atoms with van der Waals surface area (Å²) in [7, 11) is 0. The molecule has 0 fully saturated rings. The first kappa shape index (κ1) is 14.1. The molecule has 24 heavy (non-hydrogen) atoms. The van der Waals surface area contributed by atoms with Crippen molar-refractivity contribution in [1.82, 2.24) is 9.97 Å². The average Bonchev–Trinajstić information content (AvgIpc) is 3.12. The van der Waals surface area contributed by atoms with E-state index in [9.17, 15) is 4.79 Å². The van der Waals surface area contributed by atoms with Gasteiger partial charge in [0.1, 0.15) is 17.9 Å². The van der Waals surface area contributed by atoms with E-state index in [0.717, 1.165) is 28.0 Å². The van der Waals surface area contributed by atoms with E-state index in [1.807, 2.05) is 48.5 Å². The Bertz CT molecular complexity index is 1010. The number of benzene rings is 2. The van der Waals surface area contributed by atoms with Gasteiger partial charge in [0.2, 0.25) is 0 Å². The Balaban J connectivity index is 1.79. The van der Waals surface area contributed by atoms with Crippen LogP contribution in [0.25, 0.3) is 22.2 Å². The van der Waals surface area contributed by atoms with Crippen molar-refractivity contribution in [3.05, 3.63) is 72.8 Å². The minimum absolute atomic E-state index is 0.303. The number of hydrogen-bond donors (Lipinski definition) is 1. The van der Waals surface area contributed by atoms with Crippen molar-refractivity contribution in [2.75, 3.05) is 5.32 Å². The summed E-state index contributed by atoms with van der Waals surface area (Å²) < 4.78 is 5.50. The maximum absolute atomic E-state index is 10.8. The predicted octanol–water partition coefficient (Wildman–Crippen LogP) is 4.45. The Morgan fingerprint density at radius 2 is 1.83 bits per heavy atom. The van der Waals surface area contributed by atoms with Gasteiger partial charge in [-0.15, -0.1) is 0 Å². The molecule has 1 N–H and O–H groups in total. The fourth-order valence-corrected chi connectivity index (χ4v) is 2.54. The van der Waals surface area contributed by atoms with Crippen molar-refractivity contribution in [3.63, 3.8) is 0 Å². The van der Waals surface area contributed by atoms with Gasteiger partial charge in [0, 0.05) is 16.6 Å². The highest BCUT2D eigenvalue weighted by molar-refractivity contribution is 5.93. The quantitative estimate of drug-likeness (QED) is 0.564. The van der Waals surface area contributed by atoms with Crippen LogP contribution >= 0.6 is 0 Å². The molecule has 0 amide bonds. The Kier molecular flexibility index (Phi) is 3.51. The standard InChI is InChI=1S/C19H13N3O2/c23-11-15-7-9-18(24-15)13-6-8-17-16(10-13)19(21-12-20-17)22-14-4-2-1-3-5-14/h1-12H,(H,20,21,22). The Morgan fingerprint density at radius 3 is 2.62 bits per heavy atom. The molecule has 0 aliphatic heterocycles. The van der Waals surface area contributed by atoms with Crippen LogP contribution in [0.15, 0.2) is 71.4 Å². The minimum atomic E-state index is 0.303. The molecule has 0 radical (unpaired) electrons. The van der Waals surface area contributed by atoms with Gasteiger partial charge in [-0.05, 0) is 42.5 Å². The van der Waals surface area contributed by atoms with Crippen LogP contribution in [0.2, 0.25) is 0 Å². The smallest absolute Gasteiger partial charge is 0.185 e. The third-order valence-corrected chi connectivity index (χ3v) is 3.70. The molecule has 2 aromatic carbocycles. The van der Waals surface area contributed by atoms with E-state index in [0.29, 0.717) is 17.8 Å². The van der Waals surface area contributed by atoms with Crippen molar-refractivity contribution in [2.24, 2.45) is 0 Å². The molecule has 4 aromatic rings. The SMILES string of the molecule is O=Cc1ccc(-c2ccc3ncnc(Nc4ccccc4)c3c2)o1. The molecule has 4 rings (SSSR count). The van der Waals surface area contributed by atoms with Gasteiger partial charge in [0.05, 0.1) is 5.52 Å². The van der Waals surface area contributed by atoms with Crippen molar-refractivity contribution in [3.8, 4) is 11.3 Å². The molecule has 2 aromatic heterocycles. The Hall–Kier alpha value is -3.47. The maximum Gasteiger partial charge on any atom is 0.185 e. The van der Waals surface area contributed by atoms with Crippen LogP contribution in [0.3, 0.4) is 0 Å². The third kappa shape index (κ3) is 2.63. The van der Waals surface area contributed by atoms with Gasteiger partial charge in [-0.25, -0.2) is 9.97 Å². The largest absolute Gasteiger partial charge is 0.453 e. The number of aldehydes is 1. The zero-order valence-corrected chi connectivity index (χ0v) is 12.6. The molecular formula is C19H13N3O2. The van der Waals surface area contributed by atoms with Crippen LogP contribution in [0, 0.1) is 0 Å². The molecule has 0 saturated heterocycles. The van der Waals surface area contributed by atoms with Gasteiger partial charge >= 0.3 is 0 Å². The highest BCUT2D eigenvalue weighted by atomic mass is 16.3. The first-order chi connectivity index (χ1) is 11.8. The van der Waals surface area contributed by atoms with E-state index in [1.54, 1.807) is 12.1 Å². The fourth-order valence-electron chi connectivity index (χ4n) is 2.54. The monoisotopic (exact) mass is 315 g/mol. The van der Waals surface area contributed by atoms with Gasteiger partial charge in [-0.2, -0.15) is 0 Å². The zero-order valence-electron chi connectivity index (χ0n) is 12.6. The first-order valence-corrected chi connectivity index (χ1v) is 7.46. The Labute approximate surface area is 138 Å². The number of carbonyl (C=O) groups excluding carboxylic acids is 1. The predicted molar refractivity (Wildman–Crippen MR) is 92.4 cm³/mol. The Morgan fingerprint density at radius 1 is 0.958 bits per heavy atom. The van der Waals surface area contributed by atoms with Gasteiger partial charge in [0.15, 0.2) is 12.0 Å². The second kappa shape index (κ2) is 5.96. The highest BCUT2D eigenvalue weighted by Crippen LogP contribution is 2.29. The minimum Gasteiger partial charge on any atom is -0.453 e. The lowest BCUT2D eigenvalue weighted by Gasteiger charge is -2.09. The number of nitrogens with zero attached hydrogens (tertiary/aromatic N) is 2. The van der Waals surface area contributed by atoms with Crippen LogP contribution in [0.1, 0.15) is 10.6 Å². The summed E-state index contributed by atoms with van der Waals surface area (Å²) in [5.74, 6) is 1.65. The van der Waals surface area contributed by atoms with E-state index in [-0.39, 0.29) is 0 Å². The summed E-state index contributed by atoms with van der Waals surface area (Å²) in [6.45, 7) is 0. The lowest BCUT2D eigenvalue weighted by Crippen LogP contribution is -1.95. The molecule has 0 unspecified atom stereocenters. The average molecular weight is 315 g/mol. The molecule has 5 nitrogen and oxygen atoms in total. The van der Waals surface area contributed by atoms with Crippen molar-refractivity contribution < 1.29 is 9.21 Å². The number of furan rings is 1. The lowest BCUT2D eigenvalue weighted by molar-refractivity contribution is 0.110. The number of rotatable bonds is 4. The van der Waals surface area contributed by atoms with Gasteiger partial charge in [0.25, 0.3) is 0 Å². The summed E-state index contributed by atoms with van der Waals surface area (Å²) in [5.41, 5.74) is 2.64. The second-order valence-electron chi connectivity index (χ2n) is 5.27. The molecule has 0 spiro atoms. The second-order valence-corrected chi connectivity index (χ2v) is 5.27. The van der Waals surface area contributed by atoms with Crippen LogP contribution in [-0.2, 0) is 0 Å². The fraction of sp³-hybridized carbons (Fsp3) is 0. The number of aromatic nitrogens is 2. The van der Waals surface area contributed by atoms with Crippen molar-refractivity contribution in [2.45, 2.75) is 0 Å². The number of anilines is 2. The van der Waals surface area contributed by atoms with E-state index in [2.05, 4.69) is 15.3 Å². The molecule has 0 bridgehead atoms. The molecule has 0 saturated carbocycles. The number of hydrogen-bond acceptors (Lipinski definition) is 5. The van der Waals surface area contributed by atoms with Crippen LogP contribution in [-0.4, -0.2) is 16.3 Å². The number of carbonyl (C=O) groups is 1. The molecule has 0 aliphatic rings. The normalized spacial score (nSPS) is 10.7. The van der Waals surface area contributed by atoms with Crippen LogP contribution in [0.4, 0.5) is 11.5 Å². The lowest BCUT2D eigenvalue weighted by atomic mass is 10.1. The topological polar surface area (TPSA) is 68.0 Å². The summed E-state index contributed by atoms with van der Waals surface area (Å²) in [4.78, 5) is 19.4. The van der Waals surface area contributed by atoms with Gasteiger partial charge in [-0.1, -0.05) is 18.2 Å².